The van der Waals surface area contributed by atoms with Gasteiger partial charge in [-0.1, -0.05) is 79.1 Å². The molecule has 274 valence electrons. The van der Waals surface area contributed by atoms with Crippen molar-refractivity contribution in [2.24, 2.45) is 17.3 Å². The van der Waals surface area contributed by atoms with E-state index in [0.717, 1.165) is 76.7 Å². The molecule has 5 atom stereocenters. The molecule has 2 N–H and O–H groups in total. The lowest BCUT2D eigenvalue weighted by molar-refractivity contribution is -0.114. The third kappa shape index (κ3) is 7.94. The smallest absolute Gasteiger partial charge is 0.156 e. The summed E-state index contributed by atoms with van der Waals surface area (Å²) < 4.78 is 5.93. The van der Waals surface area contributed by atoms with E-state index in [-0.39, 0.29) is 17.1 Å². The highest BCUT2D eigenvalue weighted by Gasteiger charge is 2.62. The Morgan fingerprint density at radius 3 is 2.42 bits per heavy atom. The van der Waals surface area contributed by atoms with Crippen LogP contribution >= 0.6 is 0 Å². The van der Waals surface area contributed by atoms with Crippen molar-refractivity contribution in [1.82, 2.24) is 5.32 Å². The Morgan fingerprint density at radius 1 is 0.942 bits per heavy atom. The Hall–Kier alpha value is -4.11. The second kappa shape index (κ2) is 16.7. The summed E-state index contributed by atoms with van der Waals surface area (Å²) in [6, 6.07) is 27.8. The minimum atomic E-state index is -0.914. The number of ether oxygens (including phenoxy) is 1. The Labute approximate surface area is 312 Å². The maximum Gasteiger partial charge on any atom is 0.156 e. The lowest BCUT2D eigenvalue weighted by Crippen LogP contribution is -2.51. The molecule has 0 aliphatic heterocycles. The second-order valence-electron chi connectivity index (χ2n) is 15.7. The second-order valence-corrected chi connectivity index (χ2v) is 15.7. The van der Waals surface area contributed by atoms with E-state index in [0.29, 0.717) is 18.3 Å². The van der Waals surface area contributed by atoms with E-state index in [1.165, 1.54) is 33.5 Å². The SMILES string of the molecule is CC#C[C@]1(O)CC[C@H]2[C@@H]3CCC4=CC(=O)CCC4=C3[C@@H](c3ccc(N(C)C)cc3)C[C@@]21C.CNCCCCOc1ccccc1Cc1ccccc1. The molecular formula is C47H58N2O3. The number of fused-ring (bicyclic) bond motifs is 4. The number of nitrogens with one attached hydrogen (secondary N) is 1. The monoisotopic (exact) mass is 698 g/mol. The van der Waals surface area contributed by atoms with Crippen LogP contribution in [0.4, 0.5) is 5.69 Å². The van der Waals surface area contributed by atoms with Gasteiger partial charge in [0.25, 0.3) is 0 Å². The first kappa shape index (κ1) is 37.6. The van der Waals surface area contributed by atoms with Gasteiger partial charge in [-0.2, -0.15) is 0 Å². The van der Waals surface area contributed by atoms with Gasteiger partial charge < -0.3 is 20.1 Å². The highest BCUT2D eigenvalue weighted by Crippen LogP contribution is 2.66. The number of hydrogen-bond donors (Lipinski definition) is 2. The molecule has 4 aliphatic rings. The molecule has 3 aromatic carbocycles. The molecule has 3 aromatic rings. The van der Waals surface area contributed by atoms with Crippen LogP contribution in [0.1, 0.15) is 94.2 Å². The van der Waals surface area contributed by atoms with Gasteiger partial charge in [0.15, 0.2) is 5.78 Å². The van der Waals surface area contributed by atoms with Crippen molar-refractivity contribution in [3.8, 4) is 17.6 Å². The van der Waals surface area contributed by atoms with E-state index in [1.54, 1.807) is 5.57 Å². The Bertz CT molecular complexity index is 1810. The van der Waals surface area contributed by atoms with E-state index >= 15 is 0 Å². The number of para-hydroxylation sites is 1. The summed E-state index contributed by atoms with van der Waals surface area (Å²) >= 11 is 0. The molecule has 0 bridgehead atoms. The number of ketones is 1. The summed E-state index contributed by atoms with van der Waals surface area (Å²) in [6.45, 7) is 5.98. The number of anilines is 1. The zero-order valence-electron chi connectivity index (χ0n) is 32.0. The zero-order chi connectivity index (χ0) is 36.7. The van der Waals surface area contributed by atoms with Crippen LogP contribution in [0.5, 0.6) is 5.75 Å². The summed E-state index contributed by atoms with van der Waals surface area (Å²) in [7, 11) is 6.12. The Balaban J connectivity index is 0.000000200. The van der Waals surface area contributed by atoms with E-state index in [4.69, 9.17) is 4.74 Å². The van der Waals surface area contributed by atoms with Crippen LogP contribution in [0.25, 0.3) is 0 Å². The predicted molar refractivity (Wildman–Crippen MR) is 214 cm³/mol. The number of carbonyl (C=O) groups excluding carboxylic acids is 1. The van der Waals surface area contributed by atoms with E-state index < -0.39 is 5.60 Å². The van der Waals surface area contributed by atoms with Gasteiger partial charge in [0.1, 0.15) is 11.4 Å². The normalized spacial score (nSPS) is 26.1. The largest absolute Gasteiger partial charge is 0.493 e. The maximum atomic E-state index is 12.2. The van der Waals surface area contributed by atoms with E-state index in [2.05, 4.69) is 110 Å². The minimum absolute atomic E-state index is 0.221. The fourth-order valence-corrected chi connectivity index (χ4v) is 9.57. The first-order chi connectivity index (χ1) is 25.2. The van der Waals surface area contributed by atoms with Crippen LogP contribution in [-0.2, 0) is 11.2 Å². The van der Waals surface area contributed by atoms with Crippen molar-refractivity contribution in [2.75, 3.05) is 39.2 Å². The van der Waals surface area contributed by atoms with Crippen LogP contribution in [0.2, 0.25) is 0 Å². The van der Waals surface area contributed by atoms with Crippen LogP contribution < -0.4 is 15.0 Å². The van der Waals surface area contributed by atoms with Gasteiger partial charge in [-0.25, -0.2) is 0 Å². The number of unbranched alkanes of at least 4 members (excludes halogenated alkanes) is 1. The van der Waals surface area contributed by atoms with Crippen LogP contribution in [-0.4, -0.2) is 50.8 Å². The molecule has 0 spiro atoms. The van der Waals surface area contributed by atoms with E-state index in [1.807, 2.05) is 32.2 Å². The van der Waals surface area contributed by atoms with Crippen LogP contribution in [0.3, 0.4) is 0 Å². The van der Waals surface area contributed by atoms with Crippen molar-refractivity contribution < 1.29 is 14.6 Å². The maximum absolute atomic E-state index is 12.2. The lowest BCUT2D eigenvalue weighted by Gasteiger charge is -2.53. The summed E-state index contributed by atoms with van der Waals surface area (Å²) in [5, 5.41) is 14.9. The molecule has 52 heavy (non-hydrogen) atoms. The van der Waals surface area contributed by atoms with Gasteiger partial charge in [-0.3, -0.25) is 4.79 Å². The standard InChI is InChI=1S/C29H35NO2.C18H23NO/c1-5-15-29(32)16-14-26-24-12-8-20-17-22(31)11-13-23(20)27(24)25(18-28(26,29)2)19-6-9-21(10-7-19)30(3)4;1-19-13-7-8-14-20-18-12-6-5-11-17(18)15-16-9-3-2-4-10-16/h6-7,9-10,17,24-26,32H,8,11-14,16,18H2,1-4H3;2-6,9-12,19H,7-8,13-15H2,1H3/t24-,25+,26-,28-,29-;/m0./s1. The number of hydrogen-bond acceptors (Lipinski definition) is 5. The molecule has 0 unspecified atom stereocenters. The summed E-state index contributed by atoms with van der Waals surface area (Å²) in [5.41, 5.74) is 8.29. The number of carbonyl (C=O) groups is 1. The quantitative estimate of drug-likeness (QED) is 0.164. The fourth-order valence-electron chi connectivity index (χ4n) is 9.57. The van der Waals surface area contributed by atoms with Crippen LogP contribution in [0.15, 0.2) is 102 Å². The number of benzene rings is 3. The number of rotatable bonds is 10. The van der Waals surface area contributed by atoms with Gasteiger partial charge >= 0.3 is 0 Å². The number of aliphatic hydroxyl groups is 1. The average Bonchev–Trinajstić information content (AvgIpc) is 3.41. The lowest BCUT2D eigenvalue weighted by atomic mass is 9.51. The van der Waals surface area contributed by atoms with Crippen LogP contribution in [0, 0.1) is 29.1 Å². The van der Waals surface area contributed by atoms with E-state index in [9.17, 15) is 9.90 Å². The molecule has 2 saturated carbocycles. The van der Waals surface area contributed by atoms with Crippen molar-refractivity contribution in [2.45, 2.75) is 89.6 Å². The molecule has 0 amide bonds. The van der Waals surface area contributed by atoms with Crippen molar-refractivity contribution in [1.29, 1.82) is 0 Å². The van der Waals surface area contributed by atoms with Gasteiger partial charge in [0.05, 0.1) is 6.61 Å². The molecule has 5 heteroatoms. The van der Waals surface area contributed by atoms with Crippen molar-refractivity contribution >= 4 is 11.5 Å². The van der Waals surface area contributed by atoms with Gasteiger partial charge in [-0.15, -0.1) is 5.92 Å². The molecular weight excluding hydrogens is 641 g/mol. The van der Waals surface area contributed by atoms with Gasteiger partial charge in [-0.05, 0) is 136 Å². The van der Waals surface area contributed by atoms with Crippen molar-refractivity contribution in [3.63, 3.8) is 0 Å². The highest BCUT2D eigenvalue weighted by atomic mass is 16.5. The van der Waals surface area contributed by atoms with Gasteiger partial charge in [0, 0.05) is 44.0 Å². The third-order valence-corrected chi connectivity index (χ3v) is 12.3. The Morgan fingerprint density at radius 2 is 1.69 bits per heavy atom. The third-order valence-electron chi connectivity index (χ3n) is 12.3. The minimum Gasteiger partial charge on any atom is -0.493 e. The molecule has 2 fully saturated rings. The average molecular weight is 699 g/mol. The molecule has 7 rings (SSSR count). The topological polar surface area (TPSA) is 61.8 Å². The molecule has 0 aromatic heterocycles. The molecule has 0 radical (unpaired) electrons. The fraction of sp³-hybridized carbons (Fsp3) is 0.468. The summed E-state index contributed by atoms with van der Waals surface area (Å²) in [6.07, 6.45) is 11.4. The van der Waals surface area contributed by atoms with Crippen molar-refractivity contribution in [3.05, 3.63) is 118 Å². The summed E-state index contributed by atoms with van der Waals surface area (Å²) in [4.78, 5) is 14.3. The predicted octanol–water partition coefficient (Wildman–Crippen LogP) is 9.06. The Kier molecular flexibility index (Phi) is 12.1. The van der Waals surface area contributed by atoms with Gasteiger partial charge in [0.2, 0.25) is 0 Å². The molecule has 0 saturated heterocycles. The molecule has 4 aliphatic carbocycles. The first-order valence-electron chi connectivity index (χ1n) is 19.5. The zero-order valence-corrected chi connectivity index (χ0v) is 32.0. The number of nitrogens with zero attached hydrogens (tertiary/aromatic N) is 1. The molecule has 0 heterocycles. The number of allylic oxidation sites excluding steroid dienone is 4. The first-order valence-corrected chi connectivity index (χ1v) is 19.5. The molecule has 5 nitrogen and oxygen atoms in total. The summed E-state index contributed by atoms with van der Waals surface area (Å²) in [5.74, 6) is 8.77. The highest BCUT2D eigenvalue weighted by molar-refractivity contribution is 5.93.